The maximum Gasteiger partial charge on any atom is 0.407 e. The maximum atomic E-state index is 13.7. The predicted molar refractivity (Wildman–Crippen MR) is 87.7 cm³/mol. The van der Waals surface area contributed by atoms with Crippen LogP contribution in [0.1, 0.15) is 24.8 Å². The van der Waals surface area contributed by atoms with Gasteiger partial charge >= 0.3 is 6.09 Å². The monoisotopic (exact) mass is 385 g/mol. The van der Waals surface area contributed by atoms with Gasteiger partial charge in [-0.25, -0.2) is 9.18 Å². The van der Waals surface area contributed by atoms with Gasteiger partial charge in [-0.1, -0.05) is 22.0 Å². The molecule has 0 bridgehead atoms. The van der Waals surface area contributed by atoms with E-state index in [1.54, 1.807) is 6.07 Å². The van der Waals surface area contributed by atoms with E-state index in [1.165, 1.54) is 11.0 Å². The lowest BCUT2D eigenvalue weighted by Gasteiger charge is -2.30. The molecule has 0 unspecified atom stereocenters. The lowest BCUT2D eigenvalue weighted by molar-refractivity contribution is 0.0952. The molecule has 1 aliphatic carbocycles. The summed E-state index contributed by atoms with van der Waals surface area (Å²) in [5.41, 5.74) is 0.583. The molecule has 1 N–H and O–H groups in total. The molecular weight excluding hydrogens is 365 g/mol. The number of hydrogen-bond donors (Lipinski definition) is 1. The molecule has 1 saturated carbocycles. The van der Waals surface area contributed by atoms with Crippen molar-refractivity contribution < 1.29 is 19.0 Å². The lowest BCUT2D eigenvalue weighted by atomic mass is 9.91. The predicted octanol–water partition coefficient (Wildman–Crippen LogP) is 4.13. The van der Waals surface area contributed by atoms with E-state index < -0.39 is 6.09 Å². The minimum atomic E-state index is -0.810. The fourth-order valence-corrected chi connectivity index (χ4v) is 3.85. The molecule has 126 valence electrons. The van der Waals surface area contributed by atoms with Crippen molar-refractivity contribution in [2.24, 2.45) is 17.8 Å². The first-order valence-corrected chi connectivity index (χ1v) is 8.83. The van der Waals surface area contributed by atoms with Crippen molar-refractivity contribution >= 4 is 22.0 Å². The third-order valence-corrected chi connectivity index (χ3v) is 5.49. The summed E-state index contributed by atoms with van der Waals surface area (Å²) < 4.78 is 20.1. The Labute approximate surface area is 143 Å². The molecule has 1 aliphatic heterocycles. The largest absolute Gasteiger partial charge is 0.465 e. The van der Waals surface area contributed by atoms with Crippen LogP contribution in [-0.4, -0.2) is 35.8 Å². The van der Waals surface area contributed by atoms with Gasteiger partial charge in [0.25, 0.3) is 0 Å². The number of likely N-dealkylation sites (tertiary alicyclic amines) is 1. The Morgan fingerprint density at radius 1 is 1.39 bits per heavy atom. The van der Waals surface area contributed by atoms with Crippen LogP contribution in [0.3, 0.4) is 0 Å². The van der Waals surface area contributed by atoms with Crippen molar-refractivity contribution in [1.82, 2.24) is 4.90 Å². The van der Waals surface area contributed by atoms with Gasteiger partial charge in [0.15, 0.2) is 0 Å². The van der Waals surface area contributed by atoms with Gasteiger partial charge in [0.2, 0.25) is 0 Å². The van der Waals surface area contributed by atoms with E-state index >= 15 is 0 Å². The molecule has 1 amide bonds. The van der Waals surface area contributed by atoms with E-state index in [1.807, 2.05) is 6.07 Å². The zero-order valence-electron chi connectivity index (χ0n) is 12.9. The van der Waals surface area contributed by atoms with Crippen LogP contribution in [0, 0.1) is 23.6 Å². The summed E-state index contributed by atoms with van der Waals surface area (Å²) in [6, 6.07) is 5.01. The van der Waals surface area contributed by atoms with E-state index in [4.69, 9.17) is 9.84 Å². The van der Waals surface area contributed by atoms with Crippen molar-refractivity contribution in [2.45, 2.75) is 25.9 Å². The van der Waals surface area contributed by atoms with Gasteiger partial charge in [0, 0.05) is 23.1 Å². The van der Waals surface area contributed by atoms with E-state index in [0.717, 1.165) is 23.7 Å². The quantitative estimate of drug-likeness (QED) is 0.828. The second-order valence-electron chi connectivity index (χ2n) is 6.52. The van der Waals surface area contributed by atoms with Crippen LogP contribution in [0.5, 0.6) is 0 Å². The highest BCUT2D eigenvalue weighted by Gasteiger charge is 2.43. The number of rotatable bonds is 5. The molecule has 1 heterocycles. The zero-order chi connectivity index (χ0) is 16.4. The standard InChI is InChI=1S/C17H21BrFNO3/c18-14-2-1-12(16(19)8-14)9-23-10-13-7-15(13)11-3-5-20(6-4-11)17(21)22/h1-2,8,11,13,15H,3-7,9-10H2,(H,21,22)/t13-,15+/m0/s1. The molecule has 1 aromatic carbocycles. The van der Waals surface area contributed by atoms with Crippen LogP contribution in [0.4, 0.5) is 9.18 Å². The van der Waals surface area contributed by atoms with Crippen LogP contribution in [0.15, 0.2) is 22.7 Å². The second-order valence-corrected chi connectivity index (χ2v) is 7.43. The van der Waals surface area contributed by atoms with Gasteiger partial charge in [-0.05, 0) is 49.1 Å². The van der Waals surface area contributed by atoms with Crippen molar-refractivity contribution in [2.75, 3.05) is 19.7 Å². The van der Waals surface area contributed by atoms with E-state index in [9.17, 15) is 9.18 Å². The van der Waals surface area contributed by atoms with Gasteiger partial charge in [-0.3, -0.25) is 0 Å². The highest BCUT2D eigenvalue weighted by molar-refractivity contribution is 9.10. The molecule has 2 atom stereocenters. The van der Waals surface area contributed by atoms with Crippen LogP contribution in [0.25, 0.3) is 0 Å². The van der Waals surface area contributed by atoms with Gasteiger partial charge in [0.05, 0.1) is 13.2 Å². The second kappa shape index (κ2) is 7.18. The van der Waals surface area contributed by atoms with Gasteiger partial charge in [-0.15, -0.1) is 0 Å². The molecule has 23 heavy (non-hydrogen) atoms. The minimum Gasteiger partial charge on any atom is -0.465 e. The number of carboxylic acid groups (broad SMARTS) is 1. The first-order chi connectivity index (χ1) is 11.0. The summed E-state index contributed by atoms with van der Waals surface area (Å²) in [4.78, 5) is 12.4. The third kappa shape index (κ3) is 4.23. The molecule has 2 fully saturated rings. The van der Waals surface area contributed by atoms with Crippen molar-refractivity contribution in [3.8, 4) is 0 Å². The number of ether oxygens (including phenoxy) is 1. The normalized spacial score (nSPS) is 24.7. The number of amides is 1. The third-order valence-electron chi connectivity index (χ3n) is 5.00. The Balaban J connectivity index is 1.38. The van der Waals surface area contributed by atoms with E-state index in [-0.39, 0.29) is 5.82 Å². The Morgan fingerprint density at radius 2 is 2.13 bits per heavy atom. The van der Waals surface area contributed by atoms with Crippen LogP contribution in [-0.2, 0) is 11.3 Å². The van der Waals surface area contributed by atoms with Crippen molar-refractivity contribution in [3.05, 3.63) is 34.1 Å². The molecule has 1 saturated heterocycles. The molecule has 0 spiro atoms. The highest BCUT2D eigenvalue weighted by Crippen LogP contribution is 2.48. The van der Waals surface area contributed by atoms with Gasteiger partial charge in [0.1, 0.15) is 5.82 Å². The SMILES string of the molecule is O=C(O)N1CCC([C@H]2C[C@H]2COCc2ccc(Br)cc2F)CC1. The van der Waals surface area contributed by atoms with Crippen LogP contribution < -0.4 is 0 Å². The fourth-order valence-electron chi connectivity index (χ4n) is 3.52. The Hall–Kier alpha value is -1.14. The average molecular weight is 386 g/mol. The molecule has 1 aromatic rings. The number of carbonyl (C=O) groups is 1. The fraction of sp³-hybridized carbons (Fsp3) is 0.588. The zero-order valence-corrected chi connectivity index (χ0v) is 14.5. The lowest BCUT2D eigenvalue weighted by Crippen LogP contribution is -2.38. The van der Waals surface area contributed by atoms with Gasteiger partial charge < -0.3 is 14.7 Å². The molecule has 0 radical (unpaired) electrons. The van der Waals surface area contributed by atoms with Crippen LogP contribution >= 0.6 is 15.9 Å². The summed E-state index contributed by atoms with van der Waals surface area (Å²) in [6.07, 6.45) is 2.25. The number of piperidine rings is 1. The first-order valence-electron chi connectivity index (χ1n) is 8.04. The van der Waals surface area contributed by atoms with E-state index in [2.05, 4.69) is 15.9 Å². The number of halogens is 2. The molecule has 3 rings (SSSR count). The summed E-state index contributed by atoms with van der Waals surface area (Å²) in [7, 11) is 0. The molecule has 6 heteroatoms. The molecule has 4 nitrogen and oxygen atoms in total. The number of nitrogens with zero attached hydrogens (tertiary/aromatic N) is 1. The van der Waals surface area contributed by atoms with Crippen molar-refractivity contribution in [3.63, 3.8) is 0 Å². The Morgan fingerprint density at radius 3 is 2.78 bits per heavy atom. The summed E-state index contributed by atoms with van der Waals surface area (Å²) in [6.45, 7) is 2.27. The first kappa shape index (κ1) is 16.7. The smallest absolute Gasteiger partial charge is 0.407 e. The Kier molecular flexibility index (Phi) is 5.21. The maximum absolute atomic E-state index is 13.7. The Bertz CT molecular complexity index is 575. The molecular formula is C17H21BrFNO3. The average Bonchev–Trinajstić information content (AvgIpc) is 3.29. The number of hydrogen-bond acceptors (Lipinski definition) is 2. The van der Waals surface area contributed by atoms with Crippen LogP contribution in [0.2, 0.25) is 0 Å². The van der Waals surface area contributed by atoms with Gasteiger partial charge in [-0.2, -0.15) is 0 Å². The summed E-state index contributed by atoms with van der Waals surface area (Å²) in [5, 5.41) is 8.97. The number of benzene rings is 1. The minimum absolute atomic E-state index is 0.243. The highest BCUT2D eigenvalue weighted by atomic mass is 79.9. The van der Waals surface area contributed by atoms with Crippen molar-refractivity contribution in [1.29, 1.82) is 0 Å². The molecule has 2 aliphatic rings. The summed E-state index contributed by atoms with van der Waals surface area (Å²) >= 11 is 3.24. The summed E-state index contributed by atoms with van der Waals surface area (Å²) in [5.74, 6) is 1.58. The molecule has 0 aromatic heterocycles. The van der Waals surface area contributed by atoms with E-state index in [0.29, 0.717) is 49.6 Å². The topological polar surface area (TPSA) is 49.8 Å².